The van der Waals surface area contributed by atoms with Crippen LogP contribution in [-0.4, -0.2) is 62.7 Å². The van der Waals surface area contributed by atoms with Crippen LogP contribution in [0.2, 0.25) is 18.1 Å². The molecule has 5 nitrogen and oxygen atoms in total. The number of methoxy groups -OCH3 is 1. The van der Waals surface area contributed by atoms with E-state index in [0.29, 0.717) is 13.2 Å². The van der Waals surface area contributed by atoms with Crippen LogP contribution in [0.4, 0.5) is 0 Å². The zero-order valence-electron chi connectivity index (χ0n) is 14.6. The zero-order chi connectivity index (χ0) is 17.2. The Kier molecular flexibility index (Phi) is 5.85. The third-order valence-corrected chi connectivity index (χ3v) is 9.58. The largest absolute Gasteiger partial charge is 0.415 e. The zero-order valence-corrected chi connectivity index (χ0v) is 15.6. The third-order valence-electron chi connectivity index (χ3n) is 5.04. The fourth-order valence-corrected chi connectivity index (χ4v) is 3.51. The molecule has 2 atom stereocenters. The molecular weight excluding hydrogens is 298 g/mol. The second-order valence-corrected chi connectivity index (χ2v) is 12.1. The van der Waals surface area contributed by atoms with E-state index in [1.165, 1.54) is 7.11 Å². The summed E-state index contributed by atoms with van der Waals surface area (Å²) < 4.78 is 11.4. The molecule has 0 saturated carbocycles. The molecule has 0 aromatic rings. The summed E-state index contributed by atoms with van der Waals surface area (Å²) in [5.41, 5.74) is -1.07. The van der Waals surface area contributed by atoms with Gasteiger partial charge in [-0.05, 0) is 18.1 Å². The number of carbonyl (C=O) groups excluding carboxylic acids is 1. The van der Waals surface area contributed by atoms with Crippen LogP contribution in [0.1, 0.15) is 27.2 Å². The van der Waals surface area contributed by atoms with Gasteiger partial charge in [0.15, 0.2) is 13.9 Å². The summed E-state index contributed by atoms with van der Waals surface area (Å²) >= 11 is 0. The van der Waals surface area contributed by atoms with Gasteiger partial charge in [-0.1, -0.05) is 20.8 Å². The van der Waals surface area contributed by atoms with Crippen molar-refractivity contribution in [3.63, 3.8) is 0 Å². The fourth-order valence-electron chi connectivity index (χ4n) is 2.47. The molecule has 0 aromatic heterocycles. The smallest absolute Gasteiger partial charge is 0.258 e. The van der Waals surface area contributed by atoms with Crippen molar-refractivity contribution in [3.05, 3.63) is 0 Å². The molecule has 1 N–H and O–H groups in total. The van der Waals surface area contributed by atoms with Gasteiger partial charge < -0.3 is 19.2 Å². The molecule has 1 heterocycles. The van der Waals surface area contributed by atoms with Crippen LogP contribution in [0.3, 0.4) is 0 Å². The predicted octanol–water partition coefficient (Wildman–Crippen LogP) is 1.62. The van der Waals surface area contributed by atoms with Crippen molar-refractivity contribution in [3.8, 4) is 12.3 Å². The van der Waals surface area contributed by atoms with E-state index in [1.807, 2.05) is 0 Å². The number of carbonyl (C=O) groups is 1. The first-order valence-electron chi connectivity index (χ1n) is 7.62. The molecule has 0 spiro atoms. The molecule has 0 aromatic carbocycles. The lowest BCUT2D eigenvalue weighted by atomic mass is 9.79. The van der Waals surface area contributed by atoms with E-state index >= 15 is 0 Å². The maximum Gasteiger partial charge on any atom is 0.258 e. The summed E-state index contributed by atoms with van der Waals surface area (Å²) in [6, 6.07) is -0.399. The monoisotopic (exact) mass is 327 g/mol. The number of amides is 1. The van der Waals surface area contributed by atoms with Gasteiger partial charge in [-0.3, -0.25) is 4.79 Å². The van der Waals surface area contributed by atoms with Crippen LogP contribution < -0.4 is 0 Å². The van der Waals surface area contributed by atoms with E-state index in [-0.39, 0.29) is 24.0 Å². The minimum Gasteiger partial charge on any atom is -0.415 e. The molecular formula is C16H29NO4Si. The van der Waals surface area contributed by atoms with Gasteiger partial charge in [0, 0.05) is 20.1 Å². The predicted molar refractivity (Wildman–Crippen MR) is 88.9 cm³/mol. The molecule has 1 aliphatic rings. The van der Waals surface area contributed by atoms with E-state index in [1.54, 1.807) is 4.90 Å². The van der Waals surface area contributed by atoms with Crippen molar-refractivity contribution in [2.24, 2.45) is 0 Å². The maximum atomic E-state index is 12.4. The molecule has 126 valence electrons. The van der Waals surface area contributed by atoms with Gasteiger partial charge >= 0.3 is 0 Å². The van der Waals surface area contributed by atoms with Crippen molar-refractivity contribution in [1.29, 1.82) is 0 Å². The summed E-state index contributed by atoms with van der Waals surface area (Å²) in [6.45, 7) is 11.6. The lowest BCUT2D eigenvalue weighted by molar-refractivity contribution is -0.203. The summed E-state index contributed by atoms with van der Waals surface area (Å²) in [4.78, 5) is 14.0. The van der Waals surface area contributed by atoms with Gasteiger partial charge in [-0.15, -0.1) is 12.3 Å². The van der Waals surface area contributed by atoms with E-state index in [9.17, 15) is 9.90 Å². The number of terminal acetylenes is 1. The second-order valence-electron chi connectivity index (χ2n) is 7.28. The van der Waals surface area contributed by atoms with Gasteiger partial charge in [0.25, 0.3) is 5.91 Å². The number of hydrogen-bond acceptors (Lipinski definition) is 4. The van der Waals surface area contributed by atoms with Crippen LogP contribution in [-0.2, 0) is 14.0 Å². The van der Waals surface area contributed by atoms with Gasteiger partial charge in [-0.25, -0.2) is 0 Å². The highest BCUT2D eigenvalue weighted by molar-refractivity contribution is 6.74. The van der Waals surface area contributed by atoms with Gasteiger partial charge in [0.2, 0.25) is 0 Å². The first-order chi connectivity index (χ1) is 10.1. The Labute approximate surface area is 135 Å². The van der Waals surface area contributed by atoms with Gasteiger partial charge in [0.1, 0.15) is 0 Å². The summed E-state index contributed by atoms with van der Waals surface area (Å²) in [7, 11) is -0.378. The summed E-state index contributed by atoms with van der Waals surface area (Å²) in [5, 5.41) is 9.71. The molecule has 1 rings (SSSR count). The van der Waals surface area contributed by atoms with Crippen LogP contribution in [0.25, 0.3) is 0 Å². The Bertz CT molecular complexity index is 452. The molecule has 6 heteroatoms. The fraction of sp³-hybridized carbons (Fsp3) is 0.812. The summed E-state index contributed by atoms with van der Waals surface area (Å²) in [6.07, 6.45) is 5.50. The molecule has 0 radical (unpaired) electrons. The number of hydrogen-bond donors (Lipinski definition) is 1. The molecule has 0 aliphatic carbocycles. The Morgan fingerprint density at radius 2 is 2.05 bits per heavy atom. The Morgan fingerprint density at radius 1 is 1.45 bits per heavy atom. The number of aliphatic hydroxyl groups is 1. The topological polar surface area (TPSA) is 59.0 Å². The molecule has 1 amide bonds. The average molecular weight is 327 g/mol. The molecule has 1 aliphatic heterocycles. The lowest BCUT2D eigenvalue weighted by Gasteiger charge is -2.54. The number of nitrogens with zero attached hydrogens (tertiary/aromatic N) is 1. The Balaban J connectivity index is 2.66. The number of aliphatic hydroxyl groups excluding tert-OH is 1. The number of β-lactam (4-membered cyclic amide) rings is 1. The van der Waals surface area contributed by atoms with Crippen molar-refractivity contribution in [1.82, 2.24) is 4.90 Å². The second kappa shape index (κ2) is 6.71. The maximum absolute atomic E-state index is 12.4. The standard InChI is InChI=1S/C16H29NO4Si/c1-8-9-16(20-5)13(12-18)17(14(16)19)10-11-21-22(6,7)15(2,3)4/h1,13,18H,9-12H2,2-7H3/t13-,16+/m1/s1. The van der Waals surface area contributed by atoms with Crippen molar-refractivity contribution in [2.75, 3.05) is 26.9 Å². The number of ether oxygens (including phenoxy) is 1. The molecule has 1 saturated heterocycles. The molecule has 22 heavy (non-hydrogen) atoms. The highest BCUT2D eigenvalue weighted by Gasteiger charge is 2.60. The Hall–Kier alpha value is -0.873. The molecule has 0 bridgehead atoms. The van der Waals surface area contributed by atoms with E-state index in [2.05, 4.69) is 39.8 Å². The van der Waals surface area contributed by atoms with Gasteiger partial charge in [0.05, 0.1) is 19.3 Å². The quantitative estimate of drug-likeness (QED) is 0.438. The Morgan fingerprint density at radius 3 is 2.45 bits per heavy atom. The summed E-state index contributed by atoms with van der Waals surface area (Å²) in [5.74, 6) is 2.31. The molecule has 1 fully saturated rings. The third kappa shape index (κ3) is 3.23. The minimum absolute atomic E-state index is 0.127. The SMILES string of the molecule is C#CC[C@@]1(OC)C(=O)N(CCO[Si](C)(C)C(C)(C)C)[C@@H]1CO. The molecule has 0 unspecified atom stereocenters. The van der Waals surface area contributed by atoms with E-state index < -0.39 is 20.0 Å². The van der Waals surface area contributed by atoms with E-state index in [4.69, 9.17) is 15.6 Å². The van der Waals surface area contributed by atoms with Crippen molar-refractivity contribution >= 4 is 14.2 Å². The highest BCUT2D eigenvalue weighted by Crippen LogP contribution is 2.38. The van der Waals surface area contributed by atoms with E-state index in [0.717, 1.165) is 0 Å². The van der Waals surface area contributed by atoms with Crippen molar-refractivity contribution < 1.29 is 19.1 Å². The number of likely N-dealkylation sites (tertiary alicyclic amines) is 1. The van der Waals surface area contributed by atoms with Crippen molar-refractivity contribution in [2.45, 2.75) is 57.0 Å². The number of rotatable bonds is 7. The minimum atomic E-state index is -1.84. The van der Waals surface area contributed by atoms with Gasteiger partial charge in [-0.2, -0.15) is 0 Å². The van der Waals surface area contributed by atoms with Crippen LogP contribution >= 0.6 is 0 Å². The lowest BCUT2D eigenvalue weighted by Crippen LogP contribution is -2.76. The normalized spacial score (nSPS) is 25.8. The van der Waals surface area contributed by atoms with Crippen LogP contribution in [0.15, 0.2) is 0 Å². The average Bonchev–Trinajstić information content (AvgIpc) is 2.42. The van der Waals surface area contributed by atoms with Crippen LogP contribution in [0.5, 0.6) is 0 Å². The van der Waals surface area contributed by atoms with Crippen LogP contribution in [0, 0.1) is 12.3 Å². The first kappa shape index (κ1) is 19.2. The highest BCUT2D eigenvalue weighted by atomic mass is 28.4. The first-order valence-corrected chi connectivity index (χ1v) is 10.5.